The van der Waals surface area contributed by atoms with Gasteiger partial charge < -0.3 is 5.32 Å². The van der Waals surface area contributed by atoms with Gasteiger partial charge in [-0.25, -0.2) is 4.98 Å². The molecule has 0 aliphatic heterocycles. The van der Waals surface area contributed by atoms with E-state index in [-0.39, 0.29) is 5.91 Å². The van der Waals surface area contributed by atoms with Crippen LogP contribution in [0.1, 0.15) is 15.4 Å². The van der Waals surface area contributed by atoms with Gasteiger partial charge in [-0.1, -0.05) is 23.2 Å². The molecule has 0 bridgehead atoms. The lowest BCUT2D eigenvalue weighted by Crippen LogP contribution is -2.13. The number of carbonyl (C=O) groups excluding carboxylic acids is 1. The van der Waals surface area contributed by atoms with Crippen LogP contribution in [0.4, 0.5) is 5.69 Å². The molecule has 1 aromatic carbocycles. The summed E-state index contributed by atoms with van der Waals surface area (Å²) in [6, 6.07) is 4.92. The van der Waals surface area contributed by atoms with Gasteiger partial charge in [0.1, 0.15) is 5.69 Å². The summed E-state index contributed by atoms with van der Waals surface area (Å²) in [5.74, 6) is -0.248. The Morgan fingerprint density at radius 2 is 2.12 bits per heavy atom. The number of halogens is 2. The van der Waals surface area contributed by atoms with Gasteiger partial charge in [-0.15, -0.1) is 11.3 Å². The number of nitrogens with zero attached hydrogens (tertiary/aromatic N) is 1. The summed E-state index contributed by atoms with van der Waals surface area (Å²) in [5.41, 5.74) is 2.66. The average molecular weight is 287 g/mol. The predicted molar refractivity (Wildman–Crippen MR) is 71.3 cm³/mol. The van der Waals surface area contributed by atoms with E-state index in [1.807, 2.05) is 6.92 Å². The number of aryl methyl sites for hydroxylation is 1. The molecule has 0 fully saturated rings. The van der Waals surface area contributed by atoms with Crippen LogP contribution in [0.5, 0.6) is 0 Å². The van der Waals surface area contributed by atoms with Crippen LogP contribution in [0.15, 0.2) is 23.7 Å². The van der Waals surface area contributed by atoms with Crippen LogP contribution < -0.4 is 5.32 Å². The number of carbonyl (C=O) groups is 1. The van der Waals surface area contributed by atoms with E-state index in [9.17, 15) is 4.79 Å². The summed E-state index contributed by atoms with van der Waals surface area (Å²) >= 11 is 13.1. The van der Waals surface area contributed by atoms with Gasteiger partial charge in [0.2, 0.25) is 0 Å². The standard InChI is InChI=1S/C11H8Cl2N2OS/c1-6-10(14-5-17-6)11(16)15-7-2-3-8(12)9(13)4-7/h2-5H,1H3,(H,15,16). The van der Waals surface area contributed by atoms with Gasteiger partial charge in [-0.2, -0.15) is 0 Å². The Labute approximate surface area is 112 Å². The molecule has 0 saturated heterocycles. The third kappa shape index (κ3) is 2.77. The minimum absolute atomic E-state index is 0.248. The average Bonchev–Trinajstić information content (AvgIpc) is 2.70. The number of benzene rings is 1. The fourth-order valence-corrected chi connectivity index (χ4v) is 2.16. The quantitative estimate of drug-likeness (QED) is 0.906. The van der Waals surface area contributed by atoms with E-state index >= 15 is 0 Å². The van der Waals surface area contributed by atoms with Gasteiger partial charge in [0.25, 0.3) is 5.91 Å². The third-order valence-corrected chi connectivity index (χ3v) is 3.63. The summed E-state index contributed by atoms with van der Waals surface area (Å²) in [6.45, 7) is 1.85. The van der Waals surface area contributed by atoms with Gasteiger partial charge in [0, 0.05) is 10.6 Å². The molecular weight excluding hydrogens is 279 g/mol. The van der Waals surface area contributed by atoms with Gasteiger partial charge >= 0.3 is 0 Å². The van der Waals surface area contributed by atoms with Crippen molar-refractivity contribution in [3.05, 3.63) is 44.3 Å². The second-order valence-electron chi connectivity index (χ2n) is 3.34. The molecule has 0 aliphatic rings. The predicted octanol–water partition coefficient (Wildman–Crippen LogP) is 4.01. The summed E-state index contributed by atoms with van der Waals surface area (Å²) in [6.07, 6.45) is 0. The normalized spacial score (nSPS) is 10.3. The van der Waals surface area contributed by atoms with Crippen LogP contribution in [0, 0.1) is 6.92 Å². The summed E-state index contributed by atoms with van der Waals surface area (Å²) in [4.78, 5) is 16.7. The van der Waals surface area contributed by atoms with Crippen LogP contribution in [0.3, 0.4) is 0 Å². The molecule has 0 spiro atoms. The van der Waals surface area contributed by atoms with E-state index in [4.69, 9.17) is 23.2 Å². The van der Waals surface area contributed by atoms with Crippen molar-refractivity contribution < 1.29 is 4.79 Å². The molecule has 1 aromatic heterocycles. The molecule has 2 aromatic rings. The van der Waals surface area contributed by atoms with Crippen molar-refractivity contribution in [3.63, 3.8) is 0 Å². The van der Waals surface area contributed by atoms with Gasteiger partial charge in [0.15, 0.2) is 0 Å². The number of anilines is 1. The molecule has 88 valence electrons. The summed E-state index contributed by atoms with van der Waals surface area (Å²) in [5, 5.41) is 3.57. The lowest BCUT2D eigenvalue weighted by atomic mass is 10.3. The Morgan fingerprint density at radius 3 is 2.71 bits per heavy atom. The van der Waals surface area contributed by atoms with Crippen molar-refractivity contribution in [2.24, 2.45) is 0 Å². The first-order valence-electron chi connectivity index (χ1n) is 4.74. The molecule has 1 amide bonds. The fourth-order valence-electron chi connectivity index (χ4n) is 1.29. The van der Waals surface area contributed by atoms with Crippen LogP contribution in [0.25, 0.3) is 0 Å². The van der Waals surface area contributed by atoms with E-state index in [1.165, 1.54) is 11.3 Å². The SMILES string of the molecule is Cc1scnc1C(=O)Nc1ccc(Cl)c(Cl)c1. The van der Waals surface area contributed by atoms with Gasteiger partial charge in [-0.05, 0) is 25.1 Å². The topological polar surface area (TPSA) is 42.0 Å². The van der Waals surface area contributed by atoms with Crippen molar-refractivity contribution in [3.8, 4) is 0 Å². The molecule has 1 heterocycles. The van der Waals surface area contributed by atoms with Crippen molar-refractivity contribution in [1.82, 2.24) is 4.98 Å². The molecule has 0 saturated carbocycles. The van der Waals surface area contributed by atoms with Gasteiger partial charge in [-0.3, -0.25) is 4.79 Å². The Hall–Kier alpha value is -1.10. The van der Waals surface area contributed by atoms with Crippen LogP contribution >= 0.6 is 34.5 Å². The lowest BCUT2D eigenvalue weighted by Gasteiger charge is -2.05. The Bertz CT molecular complexity index is 568. The molecule has 0 radical (unpaired) electrons. The zero-order valence-corrected chi connectivity index (χ0v) is 11.2. The fraction of sp³-hybridized carbons (Fsp3) is 0.0909. The minimum Gasteiger partial charge on any atom is -0.321 e. The molecule has 17 heavy (non-hydrogen) atoms. The van der Waals surface area contributed by atoms with Crippen molar-refractivity contribution >= 4 is 46.1 Å². The highest BCUT2D eigenvalue weighted by molar-refractivity contribution is 7.09. The number of nitrogens with one attached hydrogen (secondary N) is 1. The number of aromatic nitrogens is 1. The number of amides is 1. The second-order valence-corrected chi connectivity index (χ2v) is 5.21. The van der Waals surface area contributed by atoms with E-state index in [0.29, 0.717) is 21.4 Å². The number of rotatable bonds is 2. The highest BCUT2D eigenvalue weighted by Gasteiger charge is 2.12. The van der Waals surface area contributed by atoms with Crippen LogP contribution in [-0.2, 0) is 0 Å². The van der Waals surface area contributed by atoms with E-state index < -0.39 is 0 Å². The summed E-state index contributed by atoms with van der Waals surface area (Å²) in [7, 11) is 0. The maximum absolute atomic E-state index is 11.8. The Morgan fingerprint density at radius 1 is 1.35 bits per heavy atom. The monoisotopic (exact) mass is 286 g/mol. The second kappa shape index (κ2) is 5.04. The van der Waals surface area contributed by atoms with Crippen molar-refractivity contribution in [2.75, 3.05) is 5.32 Å². The van der Waals surface area contributed by atoms with Crippen molar-refractivity contribution in [2.45, 2.75) is 6.92 Å². The molecule has 2 rings (SSSR count). The molecular formula is C11H8Cl2N2OS. The van der Waals surface area contributed by atoms with Crippen molar-refractivity contribution in [1.29, 1.82) is 0 Å². The zero-order chi connectivity index (χ0) is 12.4. The summed E-state index contributed by atoms with van der Waals surface area (Å²) < 4.78 is 0. The van der Waals surface area contributed by atoms with E-state index in [1.54, 1.807) is 23.7 Å². The first kappa shape index (κ1) is 12.4. The molecule has 0 unspecified atom stereocenters. The Balaban J connectivity index is 2.19. The van der Waals surface area contributed by atoms with E-state index in [2.05, 4.69) is 10.3 Å². The zero-order valence-electron chi connectivity index (χ0n) is 8.83. The first-order chi connectivity index (χ1) is 8.08. The largest absolute Gasteiger partial charge is 0.321 e. The highest BCUT2D eigenvalue weighted by atomic mass is 35.5. The Kier molecular flexibility index (Phi) is 3.66. The number of thiazole rings is 1. The lowest BCUT2D eigenvalue weighted by molar-refractivity contribution is 0.102. The maximum Gasteiger partial charge on any atom is 0.275 e. The van der Waals surface area contributed by atoms with Gasteiger partial charge in [0.05, 0.1) is 15.6 Å². The smallest absolute Gasteiger partial charge is 0.275 e. The van der Waals surface area contributed by atoms with Crippen LogP contribution in [-0.4, -0.2) is 10.9 Å². The van der Waals surface area contributed by atoms with Crippen LogP contribution in [0.2, 0.25) is 10.0 Å². The van der Waals surface area contributed by atoms with E-state index in [0.717, 1.165) is 4.88 Å². The molecule has 0 atom stereocenters. The molecule has 0 aliphatic carbocycles. The highest BCUT2D eigenvalue weighted by Crippen LogP contribution is 2.25. The molecule has 3 nitrogen and oxygen atoms in total. The first-order valence-corrected chi connectivity index (χ1v) is 6.38. The third-order valence-electron chi connectivity index (χ3n) is 2.14. The number of hydrogen-bond donors (Lipinski definition) is 1. The molecule has 1 N–H and O–H groups in total. The molecule has 6 heteroatoms. The number of hydrogen-bond acceptors (Lipinski definition) is 3. The maximum atomic E-state index is 11.8. The minimum atomic E-state index is -0.248.